The molecule has 0 unspecified atom stereocenters. The molecule has 1 rings (SSSR count). The lowest BCUT2D eigenvalue weighted by atomic mass is 10.2. The zero-order valence-corrected chi connectivity index (χ0v) is 7.86. The fourth-order valence-corrected chi connectivity index (χ4v) is 0.920. The van der Waals surface area contributed by atoms with Crippen LogP contribution in [0.1, 0.15) is 17.3 Å². The number of ether oxygens (including phenoxy) is 1. The normalized spacial score (nSPS) is 9.20. The van der Waals surface area contributed by atoms with Crippen molar-refractivity contribution in [3.8, 4) is 0 Å². The molecule has 0 aliphatic rings. The number of carbonyl (C=O) groups excluding carboxylic acids is 2. The van der Waals surface area contributed by atoms with E-state index in [-0.39, 0.29) is 12.2 Å². The Balaban J connectivity index is 3.14. The SMILES string of the molecule is CCOC(=O)c1ccnc(N=C=O)c1F. The molecule has 1 aromatic rings. The van der Waals surface area contributed by atoms with Gasteiger partial charge in [0.15, 0.2) is 5.82 Å². The number of hydrogen-bond acceptors (Lipinski definition) is 5. The average Bonchev–Trinajstić information content (AvgIpc) is 2.22. The summed E-state index contributed by atoms with van der Waals surface area (Å²) >= 11 is 0. The lowest BCUT2D eigenvalue weighted by Crippen LogP contribution is -2.07. The molecular formula is C9H7FN2O3. The fraction of sp³-hybridized carbons (Fsp3) is 0.222. The van der Waals surface area contributed by atoms with Crippen LogP contribution in [0.5, 0.6) is 0 Å². The molecule has 0 spiro atoms. The number of pyridine rings is 1. The number of halogens is 1. The lowest BCUT2D eigenvalue weighted by Gasteiger charge is -2.02. The van der Waals surface area contributed by atoms with Gasteiger partial charge in [-0.3, -0.25) is 0 Å². The lowest BCUT2D eigenvalue weighted by molar-refractivity contribution is 0.0521. The Morgan fingerprint density at radius 3 is 3.07 bits per heavy atom. The summed E-state index contributed by atoms with van der Waals surface area (Å²) in [6.07, 6.45) is 2.30. The minimum Gasteiger partial charge on any atom is -0.462 e. The molecule has 0 saturated heterocycles. The predicted molar refractivity (Wildman–Crippen MR) is 47.9 cm³/mol. The Morgan fingerprint density at radius 1 is 1.73 bits per heavy atom. The van der Waals surface area contributed by atoms with Gasteiger partial charge < -0.3 is 4.74 Å². The summed E-state index contributed by atoms with van der Waals surface area (Å²) in [6, 6.07) is 1.15. The summed E-state index contributed by atoms with van der Waals surface area (Å²) in [5, 5.41) is 0. The van der Waals surface area contributed by atoms with Crippen molar-refractivity contribution in [3.63, 3.8) is 0 Å². The third kappa shape index (κ3) is 2.45. The van der Waals surface area contributed by atoms with Crippen molar-refractivity contribution in [2.24, 2.45) is 4.99 Å². The Labute approximate surface area is 84.6 Å². The van der Waals surface area contributed by atoms with Crippen LogP contribution in [0.2, 0.25) is 0 Å². The van der Waals surface area contributed by atoms with Crippen molar-refractivity contribution < 1.29 is 18.7 Å². The number of carbonyl (C=O) groups is 1. The Hall–Kier alpha value is -2.07. The number of nitrogens with zero attached hydrogens (tertiary/aromatic N) is 2. The number of isocyanates is 1. The molecule has 0 aliphatic heterocycles. The highest BCUT2D eigenvalue weighted by atomic mass is 19.1. The highest BCUT2D eigenvalue weighted by molar-refractivity contribution is 5.90. The van der Waals surface area contributed by atoms with Crippen LogP contribution in [0.25, 0.3) is 0 Å². The number of rotatable bonds is 3. The Morgan fingerprint density at radius 2 is 2.47 bits per heavy atom. The van der Waals surface area contributed by atoms with Gasteiger partial charge in [-0.1, -0.05) is 0 Å². The van der Waals surface area contributed by atoms with Gasteiger partial charge in [0.1, 0.15) is 5.56 Å². The molecule has 0 N–H and O–H groups in total. The molecule has 15 heavy (non-hydrogen) atoms. The molecule has 78 valence electrons. The van der Waals surface area contributed by atoms with Crippen molar-refractivity contribution in [2.45, 2.75) is 6.92 Å². The smallest absolute Gasteiger partial charge is 0.341 e. The molecule has 0 aromatic carbocycles. The van der Waals surface area contributed by atoms with E-state index in [1.165, 1.54) is 0 Å². The first-order valence-corrected chi connectivity index (χ1v) is 4.10. The van der Waals surface area contributed by atoms with E-state index in [9.17, 15) is 14.0 Å². The minimum atomic E-state index is -0.987. The molecule has 0 atom stereocenters. The number of aliphatic imine (C=N–C) groups is 1. The molecule has 0 saturated carbocycles. The fourth-order valence-electron chi connectivity index (χ4n) is 0.920. The first-order valence-electron chi connectivity index (χ1n) is 4.10. The van der Waals surface area contributed by atoms with Crippen LogP contribution in [0, 0.1) is 5.82 Å². The van der Waals surface area contributed by atoms with Crippen LogP contribution < -0.4 is 0 Å². The highest BCUT2D eigenvalue weighted by Crippen LogP contribution is 2.17. The van der Waals surface area contributed by atoms with Crippen LogP contribution in [0.4, 0.5) is 10.2 Å². The van der Waals surface area contributed by atoms with Gasteiger partial charge in [-0.2, -0.15) is 0 Å². The Bertz CT molecular complexity index is 427. The van der Waals surface area contributed by atoms with E-state index in [1.54, 1.807) is 6.92 Å². The van der Waals surface area contributed by atoms with Crippen LogP contribution in [-0.4, -0.2) is 23.6 Å². The van der Waals surface area contributed by atoms with E-state index in [0.29, 0.717) is 0 Å². The monoisotopic (exact) mass is 210 g/mol. The Kier molecular flexibility index (Phi) is 3.65. The molecule has 0 fully saturated rings. The van der Waals surface area contributed by atoms with Crippen molar-refractivity contribution >= 4 is 17.9 Å². The third-order valence-electron chi connectivity index (χ3n) is 1.52. The predicted octanol–water partition coefficient (Wildman–Crippen LogP) is 1.36. The van der Waals surface area contributed by atoms with Crippen molar-refractivity contribution in [1.29, 1.82) is 0 Å². The summed E-state index contributed by atoms with van der Waals surface area (Å²) in [7, 11) is 0. The number of hydrogen-bond donors (Lipinski definition) is 0. The van der Waals surface area contributed by atoms with Gasteiger partial charge in [0.05, 0.1) is 6.61 Å². The van der Waals surface area contributed by atoms with E-state index in [1.807, 2.05) is 0 Å². The highest BCUT2D eigenvalue weighted by Gasteiger charge is 2.16. The van der Waals surface area contributed by atoms with Gasteiger partial charge in [0, 0.05) is 6.20 Å². The van der Waals surface area contributed by atoms with Crippen LogP contribution in [0.3, 0.4) is 0 Å². The average molecular weight is 210 g/mol. The molecule has 1 aromatic heterocycles. The maximum absolute atomic E-state index is 13.4. The van der Waals surface area contributed by atoms with Gasteiger partial charge >= 0.3 is 5.97 Å². The van der Waals surface area contributed by atoms with Crippen molar-refractivity contribution in [1.82, 2.24) is 4.98 Å². The topological polar surface area (TPSA) is 68.6 Å². The van der Waals surface area contributed by atoms with E-state index in [0.717, 1.165) is 18.3 Å². The van der Waals surface area contributed by atoms with Crippen LogP contribution >= 0.6 is 0 Å². The molecule has 1 heterocycles. The summed E-state index contributed by atoms with van der Waals surface area (Å²) in [6.45, 7) is 1.73. The first-order chi connectivity index (χ1) is 7.20. The number of esters is 1. The van der Waals surface area contributed by atoms with Gasteiger partial charge in [-0.25, -0.2) is 19.0 Å². The van der Waals surface area contributed by atoms with Crippen molar-refractivity contribution in [3.05, 3.63) is 23.6 Å². The molecule has 0 aliphatic carbocycles. The molecule has 0 radical (unpaired) electrons. The van der Waals surface area contributed by atoms with Gasteiger partial charge in [-0.05, 0) is 13.0 Å². The zero-order chi connectivity index (χ0) is 11.3. The summed E-state index contributed by atoms with van der Waals surface area (Å²) in [4.78, 5) is 27.6. The standard InChI is InChI=1S/C9H7FN2O3/c1-2-15-9(14)6-3-4-11-8(7(6)10)12-5-13/h3-4H,2H2,1H3. The molecule has 0 amide bonds. The molecule has 0 bridgehead atoms. The van der Waals surface area contributed by atoms with Gasteiger partial charge in [0.2, 0.25) is 11.9 Å². The molecule has 5 nitrogen and oxygen atoms in total. The van der Waals surface area contributed by atoms with E-state index in [4.69, 9.17) is 0 Å². The summed E-state index contributed by atoms with van der Waals surface area (Å²) < 4.78 is 18.0. The quantitative estimate of drug-likeness (QED) is 0.429. The summed E-state index contributed by atoms with van der Waals surface area (Å²) in [5.41, 5.74) is -0.305. The second-order valence-electron chi connectivity index (χ2n) is 2.42. The van der Waals surface area contributed by atoms with E-state index < -0.39 is 17.6 Å². The second-order valence-corrected chi connectivity index (χ2v) is 2.42. The maximum Gasteiger partial charge on any atom is 0.341 e. The molecule has 6 heteroatoms. The molecular weight excluding hydrogens is 203 g/mol. The second kappa shape index (κ2) is 4.97. The third-order valence-corrected chi connectivity index (χ3v) is 1.52. The van der Waals surface area contributed by atoms with Crippen molar-refractivity contribution in [2.75, 3.05) is 6.61 Å². The largest absolute Gasteiger partial charge is 0.462 e. The first kappa shape index (κ1) is 11.0. The van der Waals surface area contributed by atoms with E-state index in [2.05, 4.69) is 14.7 Å². The zero-order valence-electron chi connectivity index (χ0n) is 7.86. The van der Waals surface area contributed by atoms with Crippen LogP contribution in [0.15, 0.2) is 17.3 Å². The van der Waals surface area contributed by atoms with E-state index >= 15 is 0 Å². The van der Waals surface area contributed by atoms with Gasteiger partial charge in [-0.15, -0.1) is 4.99 Å². The van der Waals surface area contributed by atoms with Gasteiger partial charge in [0.25, 0.3) is 0 Å². The number of aromatic nitrogens is 1. The maximum atomic E-state index is 13.4. The summed E-state index contributed by atoms with van der Waals surface area (Å²) in [5.74, 6) is -2.28. The van der Waals surface area contributed by atoms with Crippen LogP contribution in [-0.2, 0) is 9.53 Å². The minimum absolute atomic E-state index is 0.132.